The number of esters is 1. The Kier molecular flexibility index (Phi) is 5.50. The zero-order chi connectivity index (χ0) is 21.9. The highest BCUT2D eigenvalue weighted by molar-refractivity contribution is 5.84. The molecule has 162 valence electrons. The minimum Gasteiger partial charge on any atom is -0.459 e. The summed E-state index contributed by atoms with van der Waals surface area (Å²) in [6, 6.07) is 26.3. The van der Waals surface area contributed by atoms with Gasteiger partial charge in [0, 0.05) is 11.6 Å². The van der Waals surface area contributed by atoms with Crippen LogP contribution in [0.4, 0.5) is 10.5 Å². The summed E-state index contributed by atoms with van der Waals surface area (Å²) in [7, 11) is 0. The molecule has 0 bridgehead atoms. The Morgan fingerprint density at radius 1 is 0.812 bits per heavy atom. The minimum atomic E-state index is -0.710. The van der Waals surface area contributed by atoms with Gasteiger partial charge in [-0.2, -0.15) is 0 Å². The molecule has 2 aliphatic heterocycles. The molecule has 2 heterocycles. The SMILES string of the molecule is O=C(OCc1ccccc1)[C@@H]1CC2c3ccccc3NC2N1C(=O)OCc1ccccc1. The quantitative estimate of drug-likeness (QED) is 0.598. The third-order valence-electron chi connectivity index (χ3n) is 6.07. The van der Waals surface area contributed by atoms with Gasteiger partial charge in [0.25, 0.3) is 0 Å². The van der Waals surface area contributed by atoms with Crippen LogP contribution >= 0.6 is 0 Å². The molecule has 0 aromatic heterocycles. The number of amides is 1. The summed E-state index contributed by atoms with van der Waals surface area (Å²) in [6.07, 6.45) is -0.379. The molecule has 3 atom stereocenters. The molecule has 3 aromatic rings. The lowest BCUT2D eigenvalue weighted by Gasteiger charge is -2.28. The number of para-hydroxylation sites is 1. The van der Waals surface area contributed by atoms with Crippen molar-refractivity contribution in [2.45, 2.75) is 37.8 Å². The van der Waals surface area contributed by atoms with Crippen molar-refractivity contribution in [1.82, 2.24) is 4.90 Å². The van der Waals surface area contributed by atoms with Gasteiger partial charge in [0.2, 0.25) is 0 Å². The topological polar surface area (TPSA) is 67.9 Å². The van der Waals surface area contributed by atoms with Crippen LogP contribution in [0.5, 0.6) is 0 Å². The Morgan fingerprint density at radius 3 is 2.09 bits per heavy atom. The molecular weight excluding hydrogens is 404 g/mol. The second-order valence-electron chi connectivity index (χ2n) is 8.08. The van der Waals surface area contributed by atoms with Crippen LogP contribution in [0.2, 0.25) is 0 Å². The first-order valence-electron chi connectivity index (χ1n) is 10.8. The molecule has 0 aliphatic carbocycles. The number of nitrogens with zero attached hydrogens (tertiary/aromatic N) is 1. The van der Waals surface area contributed by atoms with E-state index in [0.717, 1.165) is 22.4 Å². The fourth-order valence-electron chi connectivity index (χ4n) is 4.52. The lowest BCUT2D eigenvalue weighted by atomic mass is 9.96. The van der Waals surface area contributed by atoms with Crippen LogP contribution in [0.15, 0.2) is 84.9 Å². The van der Waals surface area contributed by atoms with Crippen LogP contribution in [0.1, 0.15) is 29.0 Å². The predicted molar refractivity (Wildman–Crippen MR) is 120 cm³/mol. The van der Waals surface area contributed by atoms with E-state index in [-0.39, 0.29) is 25.3 Å². The van der Waals surface area contributed by atoms with E-state index in [1.807, 2.05) is 84.9 Å². The molecule has 0 spiro atoms. The Labute approximate surface area is 186 Å². The molecule has 1 N–H and O–H groups in total. The van der Waals surface area contributed by atoms with E-state index < -0.39 is 18.1 Å². The summed E-state index contributed by atoms with van der Waals surface area (Å²) in [6.45, 7) is 0.314. The predicted octanol–water partition coefficient (Wildman–Crippen LogP) is 4.68. The number of hydrogen-bond donors (Lipinski definition) is 1. The first kappa shape index (κ1) is 20.1. The molecule has 6 nitrogen and oxygen atoms in total. The van der Waals surface area contributed by atoms with Crippen molar-refractivity contribution in [3.8, 4) is 0 Å². The summed E-state index contributed by atoms with van der Waals surface area (Å²) in [4.78, 5) is 27.7. The van der Waals surface area contributed by atoms with Crippen LogP contribution < -0.4 is 5.32 Å². The standard InChI is InChI=1S/C26H24N2O4/c29-25(31-16-18-9-3-1-4-10-18)23-15-21-20-13-7-8-14-22(20)27-24(21)28(23)26(30)32-17-19-11-5-2-6-12-19/h1-14,21,23-24,27H,15-17H2/t21?,23-,24?/m0/s1. The van der Waals surface area contributed by atoms with E-state index in [1.165, 1.54) is 4.90 Å². The van der Waals surface area contributed by atoms with Gasteiger partial charge in [-0.1, -0.05) is 78.9 Å². The molecule has 1 saturated heterocycles. The van der Waals surface area contributed by atoms with Crippen molar-refractivity contribution in [3.05, 3.63) is 102 Å². The van der Waals surface area contributed by atoms with Gasteiger partial charge in [0.15, 0.2) is 0 Å². The van der Waals surface area contributed by atoms with E-state index >= 15 is 0 Å². The van der Waals surface area contributed by atoms with Crippen LogP contribution in [0.25, 0.3) is 0 Å². The maximum Gasteiger partial charge on any atom is 0.412 e. The highest BCUT2D eigenvalue weighted by atomic mass is 16.6. The Balaban J connectivity index is 1.34. The van der Waals surface area contributed by atoms with E-state index in [2.05, 4.69) is 5.32 Å². The van der Waals surface area contributed by atoms with Crippen molar-refractivity contribution in [2.75, 3.05) is 5.32 Å². The summed E-state index contributed by atoms with van der Waals surface area (Å²) in [5.41, 5.74) is 3.89. The van der Waals surface area contributed by atoms with Crippen molar-refractivity contribution in [2.24, 2.45) is 0 Å². The zero-order valence-electron chi connectivity index (χ0n) is 17.5. The molecule has 6 heteroatoms. The lowest BCUT2D eigenvalue weighted by Crippen LogP contribution is -2.48. The molecule has 2 aliphatic rings. The number of anilines is 1. The highest BCUT2D eigenvalue weighted by Crippen LogP contribution is 2.46. The van der Waals surface area contributed by atoms with E-state index in [4.69, 9.17) is 9.47 Å². The maximum atomic E-state index is 13.2. The number of fused-ring (bicyclic) bond motifs is 3. The van der Waals surface area contributed by atoms with Gasteiger partial charge in [-0.15, -0.1) is 0 Å². The third kappa shape index (κ3) is 3.91. The smallest absolute Gasteiger partial charge is 0.412 e. The molecule has 0 radical (unpaired) electrons. The highest BCUT2D eigenvalue weighted by Gasteiger charge is 2.52. The van der Waals surface area contributed by atoms with Crippen LogP contribution in [0.3, 0.4) is 0 Å². The largest absolute Gasteiger partial charge is 0.459 e. The van der Waals surface area contributed by atoms with Crippen LogP contribution in [0, 0.1) is 0 Å². The Hall–Kier alpha value is -3.80. The second kappa shape index (κ2) is 8.75. The van der Waals surface area contributed by atoms with Gasteiger partial charge in [-0.25, -0.2) is 9.59 Å². The van der Waals surface area contributed by atoms with Gasteiger partial charge in [0.1, 0.15) is 25.4 Å². The monoisotopic (exact) mass is 428 g/mol. The summed E-state index contributed by atoms with van der Waals surface area (Å²) in [5.74, 6) is -0.413. The summed E-state index contributed by atoms with van der Waals surface area (Å²) >= 11 is 0. The van der Waals surface area contributed by atoms with Crippen LogP contribution in [-0.4, -0.2) is 29.2 Å². The fourth-order valence-corrected chi connectivity index (χ4v) is 4.52. The first-order chi connectivity index (χ1) is 15.7. The number of carbonyl (C=O) groups excluding carboxylic acids is 2. The molecule has 1 amide bonds. The van der Waals surface area contributed by atoms with Crippen LogP contribution in [-0.2, 0) is 27.5 Å². The molecule has 3 aromatic carbocycles. The first-order valence-corrected chi connectivity index (χ1v) is 10.8. The molecule has 32 heavy (non-hydrogen) atoms. The number of nitrogens with one attached hydrogen (secondary N) is 1. The number of carbonyl (C=O) groups is 2. The number of likely N-dealkylation sites (tertiary alicyclic amines) is 1. The maximum absolute atomic E-state index is 13.2. The lowest BCUT2D eigenvalue weighted by molar-refractivity contribution is -0.150. The van der Waals surface area contributed by atoms with Gasteiger partial charge < -0.3 is 14.8 Å². The fraction of sp³-hybridized carbons (Fsp3) is 0.231. The van der Waals surface area contributed by atoms with Gasteiger partial charge in [-0.3, -0.25) is 4.90 Å². The molecule has 2 unspecified atom stereocenters. The number of ether oxygens (including phenoxy) is 2. The minimum absolute atomic E-state index is 0.00440. The van der Waals surface area contributed by atoms with Gasteiger partial charge in [-0.05, 0) is 29.2 Å². The van der Waals surface area contributed by atoms with Crippen molar-refractivity contribution in [3.63, 3.8) is 0 Å². The summed E-state index contributed by atoms with van der Waals surface area (Å²) < 4.78 is 11.2. The number of rotatable bonds is 5. The average molecular weight is 428 g/mol. The molecule has 5 rings (SSSR count). The average Bonchev–Trinajstić information content (AvgIpc) is 3.39. The zero-order valence-corrected chi connectivity index (χ0v) is 17.5. The van der Waals surface area contributed by atoms with Crippen molar-refractivity contribution < 1.29 is 19.1 Å². The van der Waals surface area contributed by atoms with Gasteiger partial charge >= 0.3 is 12.1 Å². The molecular formula is C26H24N2O4. The Morgan fingerprint density at radius 2 is 1.41 bits per heavy atom. The van der Waals surface area contributed by atoms with E-state index in [1.54, 1.807) is 0 Å². The normalized spacial score (nSPS) is 20.8. The number of hydrogen-bond acceptors (Lipinski definition) is 5. The third-order valence-corrected chi connectivity index (χ3v) is 6.07. The van der Waals surface area contributed by atoms with E-state index in [0.29, 0.717) is 6.42 Å². The van der Waals surface area contributed by atoms with Crippen molar-refractivity contribution in [1.29, 1.82) is 0 Å². The number of benzene rings is 3. The summed E-state index contributed by atoms with van der Waals surface area (Å²) in [5, 5.41) is 3.40. The van der Waals surface area contributed by atoms with E-state index in [9.17, 15) is 9.59 Å². The van der Waals surface area contributed by atoms with Crippen molar-refractivity contribution >= 4 is 17.7 Å². The second-order valence-corrected chi connectivity index (χ2v) is 8.08. The van der Waals surface area contributed by atoms with Gasteiger partial charge in [0.05, 0.1) is 0 Å². The molecule has 0 saturated carbocycles. The molecule has 1 fully saturated rings. The Bertz CT molecular complexity index is 1100.